The lowest BCUT2D eigenvalue weighted by Crippen LogP contribution is -2.03. The van der Waals surface area contributed by atoms with Gasteiger partial charge in [-0.15, -0.1) is 0 Å². The van der Waals surface area contributed by atoms with Crippen LogP contribution in [-0.4, -0.2) is 21.9 Å². The van der Waals surface area contributed by atoms with Crippen LogP contribution in [0.5, 0.6) is 11.6 Å². The van der Waals surface area contributed by atoms with Gasteiger partial charge >= 0.3 is 11.6 Å². The summed E-state index contributed by atoms with van der Waals surface area (Å²) in [6.07, 6.45) is 1.15. The lowest BCUT2D eigenvalue weighted by molar-refractivity contribution is -0.385. The Kier molecular flexibility index (Phi) is 3.74. The molecule has 0 bridgehead atoms. The van der Waals surface area contributed by atoms with E-state index in [1.54, 1.807) is 6.92 Å². The number of benzene rings is 1. The van der Waals surface area contributed by atoms with Crippen LogP contribution in [0.4, 0.5) is 15.9 Å². The minimum atomic E-state index is -0.639. The number of rotatable bonds is 4. The van der Waals surface area contributed by atoms with E-state index in [9.17, 15) is 14.5 Å². The van der Waals surface area contributed by atoms with Crippen LogP contribution in [0.1, 0.15) is 5.56 Å². The molecule has 1 aromatic heterocycles. The summed E-state index contributed by atoms with van der Waals surface area (Å²) in [5, 5.41) is 13.7. The van der Waals surface area contributed by atoms with Crippen molar-refractivity contribution < 1.29 is 14.1 Å². The van der Waals surface area contributed by atoms with Crippen molar-refractivity contribution in [1.82, 2.24) is 9.97 Å². The van der Waals surface area contributed by atoms with E-state index in [1.165, 1.54) is 25.2 Å². The van der Waals surface area contributed by atoms with Gasteiger partial charge in [0.2, 0.25) is 5.82 Å². The SMILES string of the molecule is CNc1ncnc(Oc2ccc(F)cc2C)c1[N+](=O)[O-]. The van der Waals surface area contributed by atoms with Crippen molar-refractivity contribution in [2.24, 2.45) is 0 Å². The van der Waals surface area contributed by atoms with Gasteiger partial charge in [0.25, 0.3) is 0 Å². The summed E-state index contributed by atoms with van der Waals surface area (Å²) in [6, 6.07) is 3.85. The maximum absolute atomic E-state index is 13.0. The van der Waals surface area contributed by atoms with E-state index in [-0.39, 0.29) is 23.1 Å². The van der Waals surface area contributed by atoms with Crippen molar-refractivity contribution in [2.45, 2.75) is 6.92 Å². The fourth-order valence-corrected chi connectivity index (χ4v) is 1.62. The highest BCUT2D eigenvalue weighted by Gasteiger charge is 2.24. The maximum Gasteiger partial charge on any atom is 0.373 e. The first-order chi connectivity index (χ1) is 9.52. The first-order valence-corrected chi connectivity index (χ1v) is 5.64. The molecule has 7 nitrogen and oxygen atoms in total. The second-order valence-corrected chi connectivity index (χ2v) is 3.90. The minimum Gasteiger partial charge on any atom is -0.433 e. The number of aryl methyl sites for hydroxylation is 1. The third kappa shape index (κ3) is 2.63. The molecular formula is C12H11FN4O3. The molecule has 0 amide bonds. The molecule has 20 heavy (non-hydrogen) atoms. The standard InChI is InChI=1S/C12H11FN4O3/c1-7-5-8(13)3-4-9(7)20-12-10(17(18)19)11(14-2)15-6-16-12/h3-6H,1-2H3,(H,14,15,16). The molecule has 2 rings (SSSR count). The largest absolute Gasteiger partial charge is 0.433 e. The first kappa shape index (κ1) is 13.7. The van der Waals surface area contributed by atoms with Crippen LogP contribution in [0.25, 0.3) is 0 Å². The second kappa shape index (κ2) is 5.47. The van der Waals surface area contributed by atoms with E-state index < -0.39 is 10.7 Å². The lowest BCUT2D eigenvalue weighted by atomic mass is 10.2. The molecule has 1 N–H and O–H groups in total. The predicted molar refractivity (Wildman–Crippen MR) is 69.4 cm³/mol. The molecule has 0 saturated heterocycles. The van der Waals surface area contributed by atoms with Gasteiger partial charge in [-0.3, -0.25) is 10.1 Å². The number of anilines is 1. The molecule has 1 heterocycles. The van der Waals surface area contributed by atoms with Gasteiger partial charge in [-0.2, -0.15) is 4.98 Å². The second-order valence-electron chi connectivity index (χ2n) is 3.90. The van der Waals surface area contributed by atoms with Crippen molar-refractivity contribution in [3.05, 3.63) is 46.0 Å². The van der Waals surface area contributed by atoms with Crippen LogP contribution in [0.3, 0.4) is 0 Å². The topological polar surface area (TPSA) is 90.2 Å². The summed E-state index contributed by atoms with van der Waals surface area (Å²) in [7, 11) is 1.50. The third-order valence-electron chi connectivity index (χ3n) is 2.55. The van der Waals surface area contributed by atoms with Crippen LogP contribution in [0.2, 0.25) is 0 Å². The average Bonchev–Trinajstić information content (AvgIpc) is 2.41. The molecule has 2 aromatic rings. The Balaban J connectivity index is 2.45. The van der Waals surface area contributed by atoms with Gasteiger partial charge in [0.05, 0.1) is 4.92 Å². The summed E-state index contributed by atoms with van der Waals surface area (Å²) in [5.41, 5.74) is 0.127. The molecule has 8 heteroatoms. The van der Waals surface area contributed by atoms with Gasteiger partial charge in [-0.25, -0.2) is 9.37 Å². The van der Waals surface area contributed by atoms with Gasteiger partial charge in [0.15, 0.2) is 0 Å². The van der Waals surface area contributed by atoms with Crippen LogP contribution in [0, 0.1) is 22.9 Å². The molecule has 0 radical (unpaired) electrons. The Morgan fingerprint density at radius 3 is 2.75 bits per heavy atom. The molecule has 0 spiro atoms. The van der Waals surface area contributed by atoms with E-state index in [2.05, 4.69) is 15.3 Å². The van der Waals surface area contributed by atoms with Crippen molar-refractivity contribution in [1.29, 1.82) is 0 Å². The summed E-state index contributed by atoms with van der Waals surface area (Å²) < 4.78 is 18.4. The van der Waals surface area contributed by atoms with Crippen molar-refractivity contribution in [2.75, 3.05) is 12.4 Å². The minimum absolute atomic E-state index is 0.0414. The van der Waals surface area contributed by atoms with Crippen molar-refractivity contribution in [3.8, 4) is 11.6 Å². The molecule has 0 atom stereocenters. The molecule has 104 valence electrons. The summed E-state index contributed by atoms with van der Waals surface area (Å²) in [6.45, 7) is 1.63. The Labute approximate surface area is 113 Å². The number of hydrogen-bond donors (Lipinski definition) is 1. The zero-order valence-corrected chi connectivity index (χ0v) is 10.8. The highest BCUT2D eigenvalue weighted by Crippen LogP contribution is 2.34. The number of hydrogen-bond acceptors (Lipinski definition) is 6. The van der Waals surface area contributed by atoms with Crippen LogP contribution in [-0.2, 0) is 0 Å². The predicted octanol–water partition coefficient (Wildman–Crippen LogP) is 2.67. The fraction of sp³-hybridized carbons (Fsp3) is 0.167. The quantitative estimate of drug-likeness (QED) is 0.683. The zero-order chi connectivity index (χ0) is 14.7. The summed E-state index contributed by atoms with van der Waals surface area (Å²) in [4.78, 5) is 17.9. The van der Waals surface area contributed by atoms with Crippen LogP contribution >= 0.6 is 0 Å². The van der Waals surface area contributed by atoms with Gasteiger partial charge < -0.3 is 10.1 Å². The summed E-state index contributed by atoms with van der Waals surface area (Å²) >= 11 is 0. The number of nitrogens with one attached hydrogen (secondary N) is 1. The van der Waals surface area contributed by atoms with Crippen molar-refractivity contribution >= 4 is 11.5 Å². The number of ether oxygens (including phenoxy) is 1. The fourth-order valence-electron chi connectivity index (χ4n) is 1.62. The lowest BCUT2D eigenvalue weighted by Gasteiger charge is -2.09. The van der Waals surface area contributed by atoms with Gasteiger partial charge in [0, 0.05) is 7.05 Å². The molecular weight excluding hydrogens is 267 g/mol. The molecule has 0 aliphatic carbocycles. The third-order valence-corrected chi connectivity index (χ3v) is 2.55. The molecule has 0 aliphatic rings. The molecule has 0 saturated carbocycles. The van der Waals surface area contributed by atoms with E-state index in [4.69, 9.17) is 4.74 Å². The van der Waals surface area contributed by atoms with E-state index in [0.717, 1.165) is 6.33 Å². The number of halogens is 1. The Morgan fingerprint density at radius 1 is 1.40 bits per heavy atom. The molecule has 0 aliphatic heterocycles. The Hall–Kier alpha value is -2.77. The molecule has 0 unspecified atom stereocenters. The maximum atomic E-state index is 13.0. The van der Waals surface area contributed by atoms with Crippen LogP contribution in [0.15, 0.2) is 24.5 Å². The zero-order valence-electron chi connectivity index (χ0n) is 10.8. The Morgan fingerprint density at radius 2 is 2.15 bits per heavy atom. The van der Waals surface area contributed by atoms with Gasteiger partial charge in [-0.05, 0) is 30.7 Å². The normalized spacial score (nSPS) is 10.2. The first-order valence-electron chi connectivity index (χ1n) is 5.64. The van der Waals surface area contributed by atoms with Gasteiger partial charge in [-0.1, -0.05) is 0 Å². The van der Waals surface area contributed by atoms with Crippen molar-refractivity contribution in [3.63, 3.8) is 0 Å². The van der Waals surface area contributed by atoms with E-state index in [0.29, 0.717) is 5.56 Å². The molecule has 0 fully saturated rings. The Bertz CT molecular complexity index is 663. The highest BCUT2D eigenvalue weighted by atomic mass is 19.1. The smallest absolute Gasteiger partial charge is 0.373 e. The molecule has 1 aromatic carbocycles. The average molecular weight is 278 g/mol. The number of nitro groups is 1. The number of aromatic nitrogens is 2. The van der Waals surface area contributed by atoms with Crippen LogP contribution < -0.4 is 10.1 Å². The highest BCUT2D eigenvalue weighted by molar-refractivity contribution is 5.61. The van der Waals surface area contributed by atoms with Gasteiger partial charge in [0.1, 0.15) is 17.9 Å². The van der Waals surface area contributed by atoms with E-state index in [1.807, 2.05) is 0 Å². The van der Waals surface area contributed by atoms with E-state index >= 15 is 0 Å². The monoisotopic (exact) mass is 278 g/mol. The summed E-state index contributed by atoms with van der Waals surface area (Å²) in [5.74, 6) is -0.290. The number of nitrogens with zero attached hydrogens (tertiary/aromatic N) is 3.